The van der Waals surface area contributed by atoms with Crippen LogP contribution in [0.4, 0.5) is 4.39 Å². The number of hydrogen-bond donors (Lipinski definition) is 1. The van der Waals surface area contributed by atoms with Crippen LogP contribution in [0.5, 0.6) is 0 Å². The van der Waals surface area contributed by atoms with Crippen molar-refractivity contribution in [3.8, 4) is 11.3 Å². The molecule has 5 aromatic rings. The Labute approximate surface area is 261 Å². The van der Waals surface area contributed by atoms with E-state index in [2.05, 4.69) is 40.0 Å². The Morgan fingerprint density at radius 3 is 2.58 bits per heavy atom. The molecule has 0 unspecified atom stereocenters. The first kappa shape index (κ1) is 31.0. The minimum absolute atomic E-state index is 0.0560. The van der Waals surface area contributed by atoms with Crippen molar-refractivity contribution in [1.29, 1.82) is 0 Å². The van der Waals surface area contributed by atoms with Gasteiger partial charge in [0, 0.05) is 52.9 Å². The Morgan fingerprint density at radius 1 is 1.18 bits per heavy atom. The number of nitrogens with zero attached hydrogens (tertiary/aromatic N) is 8. The van der Waals surface area contributed by atoms with Gasteiger partial charge in [-0.25, -0.2) is 18.5 Å². The molecule has 0 radical (unpaired) electrons. The molecule has 14 heteroatoms. The van der Waals surface area contributed by atoms with Crippen LogP contribution in [0.3, 0.4) is 0 Å². The minimum atomic E-state index is -1.36. The van der Waals surface area contributed by atoms with Gasteiger partial charge in [0.05, 0.1) is 28.6 Å². The number of ether oxygens (including phenoxy) is 2. The van der Waals surface area contributed by atoms with Gasteiger partial charge in [-0.05, 0) is 56.3 Å². The van der Waals surface area contributed by atoms with E-state index in [0.717, 1.165) is 28.6 Å². The highest BCUT2D eigenvalue weighted by Crippen LogP contribution is 2.43. The number of fused-ring (bicyclic) bond motifs is 3. The monoisotopic (exact) mass is 634 g/mol. The Kier molecular flexibility index (Phi) is 8.31. The van der Waals surface area contributed by atoms with Crippen molar-refractivity contribution < 1.29 is 23.8 Å². The van der Waals surface area contributed by atoms with E-state index in [-0.39, 0.29) is 24.0 Å². The van der Waals surface area contributed by atoms with Crippen LogP contribution in [-0.2, 0) is 23.3 Å². The summed E-state index contributed by atoms with van der Waals surface area (Å²) in [6, 6.07) is 3.26. The van der Waals surface area contributed by atoms with Gasteiger partial charge in [-0.15, -0.1) is 5.10 Å². The molecule has 0 amide bonds. The van der Waals surface area contributed by atoms with E-state index in [1.54, 1.807) is 27.8 Å². The molecule has 6 heterocycles. The van der Waals surface area contributed by atoms with E-state index in [1.165, 1.54) is 6.07 Å². The third-order valence-electron chi connectivity index (χ3n) is 8.66. The van der Waals surface area contributed by atoms with Crippen LogP contribution in [0.2, 0.25) is 25.7 Å². The molecule has 1 saturated heterocycles. The average Bonchev–Trinajstić information content (AvgIpc) is 3.64. The smallest absolute Gasteiger partial charge is 0.358 e. The molecule has 0 spiro atoms. The molecular formula is C31H39FN8O4Si. The normalized spacial score (nSPS) is 15.4. The van der Waals surface area contributed by atoms with E-state index in [1.807, 2.05) is 25.5 Å². The molecule has 12 nitrogen and oxygen atoms in total. The lowest BCUT2D eigenvalue weighted by Gasteiger charge is -2.32. The van der Waals surface area contributed by atoms with Gasteiger partial charge in [0.1, 0.15) is 29.1 Å². The number of aromatic carboxylic acids is 1. The summed E-state index contributed by atoms with van der Waals surface area (Å²) in [6.07, 6.45) is 4.63. The topological polar surface area (TPSA) is 135 Å². The van der Waals surface area contributed by atoms with Gasteiger partial charge in [-0.3, -0.25) is 9.97 Å². The third kappa shape index (κ3) is 5.66. The molecule has 0 bridgehead atoms. The molecule has 0 aromatic carbocycles. The molecule has 1 N–H and O–H groups in total. The molecule has 1 aliphatic rings. The number of aryl methyl sites for hydroxylation is 3. The second-order valence-corrected chi connectivity index (χ2v) is 18.6. The Hall–Kier alpha value is -4.01. The third-order valence-corrected chi connectivity index (χ3v) is 10.4. The number of halogens is 1. The quantitative estimate of drug-likeness (QED) is 0.159. The Balaban J connectivity index is 1.68. The molecule has 45 heavy (non-hydrogen) atoms. The second-order valence-electron chi connectivity index (χ2n) is 13.0. The van der Waals surface area contributed by atoms with Crippen LogP contribution < -0.4 is 0 Å². The average molecular weight is 635 g/mol. The summed E-state index contributed by atoms with van der Waals surface area (Å²) in [5.74, 6) is -1.75. The standard InChI is InChI=1S/C31H39FN8O4Si/c1-18-21(27-19(2)35-37-38(27)3)16-34-24-26(18)40(28(20-9-12-43-13-10-20)23-22(32)8-7-11-33-23)30-25(31(41)42)36-39(29(24)30)17-44-14-15-45(4,5)6/h7-8,11,16,20,28H,9-10,12-15,17H2,1-6H3,(H,41,42)/t28-/m0/s1. The highest BCUT2D eigenvalue weighted by atomic mass is 28.3. The lowest BCUT2D eigenvalue weighted by molar-refractivity contribution is 0.0541. The van der Waals surface area contributed by atoms with E-state index in [4.69, 9.17) is 14.5 Å². The van der Waals surface area contributed by atoms with Gasteiger partial charge in [-0.2, -0.15) is 5.10 Å². The molecule has 5 aromatic heterocycles. The van der Waals surface area contributed by atoms with Crippen LogP contribution in [0.25, 0.3) is 33.3 Å². The number of rotatable bonds is 10. The molecule has 1 atom stereocenters. The molecule has 6 rings (SSSR count). The SMILES string of the molecule is Cc1nnn(C)c1-c1cnc2c3c(c(C(=O)O)nn3COCC[Si](C)(C)C)n([C@H](c3ncccc3F)C3CCOCC3)c2c1C. The molecule has 1 aliphatic heterocycles. The van der Waals surface area contributed by atoms with Crippen molar-refractivity contribution in [2.45, 2.75) is 65.1 Å². The Bertz CT molecular complexity index is 1870. The highest BCUT2D eigenvalue weighted by Gasteiger charge is 2.37. The zero-order valence-corrected chi connectivity index (χ0v) is 27.5. The lowest BCUT2D eigenvalue weighted by atomic mass is 9.88. The van der Waals surface area contributed by atoms with Crippen molar-refractivity contribution >= 4 is 36.1 Å². The highest BCUT2D eigenvalue weighted by molar-refractivity contribution is 6.76. The van der Waals surface area contributed by atoms with Gasteiger partial charge in [0.15, 0.2) is 5.69 Å². The fourth-order valence-electron chi connectivity index (χ4n) is 6.40. The van der Waals surface area contributed by atoms with Crippen molar-refractivity contribution in [3.05, 3.63) is 53.0 Å². The molecule has 0 saturated carbocycles. The molecule has 238 valence electrons. The first-order valence-electron chi connectivity index (χ1n) is 15.2. The first-order valence-corrected chi connectivity index (χ1v) is 18.9. The van der Waals surface area contributed by atoms with E-state index >= 15 is 4.39 Å². The summed E-state index contributed by atoms with van der Waals surface area (Å²) in [5, 5.41) is 23.5. The van der Waals surface area contributed by atoms with E-state index in [9.17, 15) is 9.90 Å². The number of aromatic nitrogens is 8. The maximum absolute atomic E-state index is 15.8. The minimum Gasteiger partial charge on any atom is -0.476 e. The van der Waals surface area contributed by atoms with Crippen LogP contribution in [0.15, 0.2) is 24.5 Å². The fourth-order valence-corrected chi connectivity index (χ4v) is 7.16. The predicted octanol–water partition coefficient (Wildman–Crippen LogP) is 5.36. The second kappa shape index (κ2) is 12.1. The van der Waals surface area contributed by atoms with Crippen LogP contribution >= 0.6 is 0 Å². The number of carboxylic acids is 1. The summed E-state index contributed by atoms with van der Waals surface area (Å²) in [5.41, 5.74) is 5.37. The van der Waals surface area contributed by atoms with E-state index < -0.39 is 25.9 Å². The van der Waals surface area contributed by atoms with Gasteiger partial charge in [0.25, 0.3) is 0 Å². The predicted molar refractivity (Wildman–Crippen MR) is 169 cm³/mol. The fraction of sp³-hybridized carbons (Fsp3) is 0.484. The van der Waals surface area contributed by atoms with Crippen molar-refractivity contribution in [3.63, 3.8) is 0 Å². The summed E-state index contributed by atoms with van der Waals surface area (Å²) < 4.78 is 32.7. The van der Waals surface area contributed by atoms with Crippen molar-refractivity contribution in [1.82, 2.24) is 39.3 Å². The maximum Gasteiger partial charge on any atom is 0.358 e. The lowest BCUT2D eigenvalue weighted by Crippen LogP contribution is -2.28. The van der Waals surface area contributed by atoms with Crippen LogP contribution in [0, 0.1) is 25.6 Å². The van der Waals surface area contributed by atoms with E-state index in [0.29, 0.717) is 54.7 Å². The van der Waals surface area contributed by atoms with Crippen molar-refractivity contribution in [2.24, 2.45) is 13.0 Å². The molecule has 1 fully saturated rings. The zero-order valence-electron chi connectivity index (χ0n) is 26.5. The number of carboxylic acid groups (broad SMARTS) is 1. The largest absolute Gasteiger partial charge is 0.476 e. The van der Waals surface area contributed by atoms with Gasteiger partial charge < -0.3 is 19.1 Å². The summed E-state index contributed by atoms with van der Waals surface area (Å²) in [4.78, 5) is 22.4. The molecule has 0 aliphatic carbocycles. The number of carbonyl (C=O) groups is 1. The Morgan fingerprint density at radius 2 is 1.93 bits per heavy atom. The van der Waals surface area contributed by atoms with Crippen molar-refractivity contribution in [2.75, 3.05) is 19.8 Å². The summed E-state index contributed by atoms with van der Waals surface area (Å²) >= 11 is 0. The summed E-state index contributed by atoms with van der Waals surface area (Å²) in [6.45, 7) is 12.3. The van der Waals surface area contributed by atoms with Gasteiger partial charge in [-0.1, -0.05) is 24.9 Å². The van der Waals surface area contributed by atoms with Gasteiger partial charge in [0.2, 0.25) is 0 Å². The first-order chi connectivity index (χ1) is 21.5. The van der Waals surface area contributed by atoms with Crippen LogP contribution in [0.1, 0.15) is 46.3 Å². The summed E-state index contributed by atoms with van der Waals surface area (Å²) in [7, 11) is 0.462. The number of hydrogen-bond acceptors (Lipinski definition) is 8. The number of pyridine rings is 2. The zero-order chi connectivity index (χ0) is 32.0. The van der Waals surface area contributed by atoms with Crippen LogP contribution in [-0.4, -0.2) is 78.3 Å². The maximum atomic E-state index is 15.8. The molecular weight excluding hydrogens is 595 g/mol. The van der Waals surface area contributed by atoms with Gasteiger partial charge >= 0.3 is 5.97 Å².